The lowest BCUT2D eigenvalue weighted by atomic mass is 10.0. The van der Waals surface area contributed by atoms with E-state index in [9.17, 15) is 9.18 Å². The van der Waals surface area contributed by atoms with Crippen LogP contribution in [0.5, 0.6) is 0 Å². The molecule has 0 bridgehead atoms. The van der Waals surface area contributed by atoms with Gasteiger partial charge in [-0.05, 0) is 24.6 Å². The molecule has 0 fully saturated rings. The van der Waals surface area contributed by atoms with Crippen molar-refractivity contribution in [3.8, 4) is 0 Å². The first-order valence-electron chi connectivity index (χ1n) is 7.26. The van der Waals surface area contributed by atoms with Crippen LogP contribution < -0.4 is 5.32 Å². The molecule has 0 unspecified atom stereocenters. The lowest BCUT2D eigenvalue weighted by molar-refractivity contribution is 0.0630. The molecule has 0 spiro atoms. The number of oxime groups is 1. The summed E-state index contributed by atoms with van der Waals surface area (Å²) in [4.78, 5) is 19.0. The maximum absolute atomic E-state index is 12.9. The van der Waals surface area contributed by atoms with Crippen LogP contribution in [-0.4, -0.2) is 42.4 Å². The number of halogens is 1. The van der Waals surface area contributed by atoms with E-state index in [2.05, 4.69) is 17.1 Å². The monoisotopic (exact) mass is 305 g/mol. The maximum Gasteiger partial charge on any atom is 0.317 e. The van der Waals surface area contributed by atoms with Crippen molar-refractivity contribution in [1.29, 1.82) is 0 Å². The third kappa shape index (κ3) is 4.07. The highest BCUT2D eigenvalue weighted by atomic mass is 19.1. The third-order valence-electron chi connectivity index (χ3n) is 3.30. The Hall–Kier alpha value is -2.37. The number of carbonyl (C=O) groups excluding carboxylic acids is 1. The third-order valence-corrected chi connectivity index (χ3v) is 3.30. The Bertz CT molecular complexity index is 557. The molecule has 1 aliphatic heterocycles. The highest BCUT2D eigenvalue weighted by Crippen LogP contribution is 2.18. The lowest BCUT2D eigenvalue weighted by Gasteiger charge is -2.23. The van der Waals surface area contributed by atoms with Crippen LogP contribution >= 0.6 is 0 Å². The Balaban J connectivity index is 1.94. The van der Waals surface area contributed by atoms with Gasteiger partial charge in [0.25, 0.3) is 0 Å². The van der Waals surface area contributed by atoms with E-state index >= 15 is 0 Å². The zero-order valence-electron chi connectivity index (χ0n) is 12.6. The van der Waals surface area contributed by atoms with Crippen LogP contribution in [0.25, 0.3) is 0 Å². The highest BCUT2D eigenvalue weighted by Gasteiger charge is 2.26. The van der Waals surface area contributed by atoms with Crippen LogP contribution in [0.1, 0.15) is 18.9 Å². The van der Waals surface area contributed by atoms with Crippen LogP contribution in [0.15, 0.2) is 42.1 Å². The number of carbonyl (C=O) groups is 1. The molecule has 22 heavy (non-hydrogen) atoms. The molecule has 0 saturated heterocycles. The van der Waals surface area contributed by atoms with E-state index in [0.717, 1.165) is 11.3 Å². The molecule has 5 nitrogen and oxygen atoms in total. The number of urea groups is 1. The quantitative estimate of drug-likeness (QED) is 0.821. The number of nitrogens with one attached hydrogen (secondary N) is 1. The molecule has 1 atom stereocenters. The van der Waals surface area contributed by atoms with Crippen molar-refractivity contribution in [3.63, 3.8) is 0 Å². The van der Waals surface area contributed by atoms with Crippen LogP contribution in [0.3, 0.4) is 0 Å². The predicted octanol–water partition coefficient (Wildman–Crippen LogP) is 2.54. The van der Waals surface area contributed by atoms with Crippen LogP contribution in [0, 0.1) is 5.82 Å². The maximum atomic E-state index is 12.9. The van der Waals surface area contributed by atoms with Crippen molar-refractivity contribution in [3.05, 3.63) is 48.3 Å². The molecular formula is C16H20FN3O2. The number of hydrogen-bond acceptors (Lipinski definition) is 3. The minimum atomic E-state index is -0.284. The number of rotatable bonds is 6. The van der Waals surface area contributed by atoms with Gasteiger partial charge in [-0.3, -0.25) is 0 Å². The second kappa shape index (κ2) is 7.59. The van der Waals surface area contributed by atoms with Crippen molar-refractivity contribution < 1.29 is 14.0 Å². The predicted molar refractivity (Wildman–Crippen MR) is 83.3 cm³/mol. The van der Waals surface area contributed by atoms with E-state index < -0.39 is 0 Å². The molecule has 6 heteroatoms. The summed E-state index contributed by atoms with van der Waals surface area (Å²) < 4.78 is 12.9. The van der Waals surface area contributed by atoms with Crippen LogP contribution in [0.2, 0.25) is 0 Å². The SMILES string of the molecule is C=CCN(C[C@H]1CC(c2ccc(F)cc2)=NO1)C(=O)NCC. The Morgan fingerprint density at radius 3 is 2.91 bits per heavy atom. The van der Waals surface area contributed by atoms with Gasteiger partial charge in [0.15, 0.2) is 6.10 Å². The number of nitrogens with zero attached hydrogens (tertiary/aromatic N) is 2. The fourth-order valence-electron chi connectivity index (χ4n) is 2.24. The van der Waals surface area contributed by atoms with Crippen molar-refractivity contribution in [2.24, 2.45) is 5.16 Å². The summed E-state index contributed by atoms with van der Waals surface area (Å²) >= 11 is 0. The number of benzene rings is 1. The van der Waals surface area contributed by atoms with Crippen molar-refractivity contribution >= 4 is 11.7 Å². The van der Waals surface area contributed by atoms with Crippen molar-refractivity contribution in [1.82, 2.24) is 10.2 Å². The van der Waals surface area contributed by atoms with Gasteiger partial charge >= 0.3 is 6.03 Å². The van der Waals surface area contributed by atoms with Crippen molar-refractivity contribution in [2.45, 2.75) is 19.4 Å². The largest absolute Gasteiger partial charge is 0.390 e. The summed E-state index contributed by atoms with van der Waals surface area (Å²) in [5.41, 5.74) is 1.59. The van der Waals surface area contributed by atoms with Crippen LogP contribution in [-0.2, 0) is 4.84 Å². The van der Waals surface area contributed by atoms with Gasteiger partial charge in [0, 0.05) is 19.5 Å². The molecule has 2 amide bonds. The average molecular weight is 305 g/mol. The fourth-order valence-corrected chi connectivity index (χ4v) is 2.24. The van der Waals surface area contributed by atoms with Gasteiger partial charge in [0.2, 0.25) is 0 Å². The Kier molecular flexibility index (Phi) is 5.52. The summed E-state index contributed by atoms with van der Waals surface area (Å²) in [5, 5.41) is 6.80. The summed E-state index contributed by atoms with van der Waals surface area (Å²) in [7, 11) is 0. The minimum Gasteiger partial charge on any atom is -0.390 e. The number of amides is 2. The summed E-state index contributed by atoms with van der Waals surface area (Å²) in [6.45, 7) is 6.96. The average Bonchev–Trinajstić information content (AvgIpc) is 2.96. The van der Waals surface area contributed by atoms with Gasteiger partial charge < -0.3 is 15.1 Å². The molecule has 0 aromatic heterocycles. The Morgan fingerprint density at radius 2 is 2.27 bits per heavy atom. The molecule has 0 radical (unpaired) electrons. The first kappa shape index (κ1) is 16.0. The van der Waals surface area contributed by atoms with E-state index in [-0.39, 0.29) is 18.0 Å². The first-order valence-corrected chi connectivity index (χ1v) is 7.26. The van der Waals surface area contributed by atoms with E-state index in [1.54, 1.807) is 23.1 Å². The fraction of sp³-hybridized carbons (Fsp3) is 0.375. The minimum absolute atomic E-state index is 0.152. The molecule has 1 heterocycles. The second-order valence-electron chi connectivity index (χ2n) is 5.01. The van der Waals surface area contributed by atoms with Crippen LogP contribution in [0.4, 0.5) is 9.18 Å². The standard InChI is InChI=1S/C16H20FN3O2/c1-3-9-20(16(21)18-4-2)11-14-10-15(19-22-14)12-5-7-13(17)8-6-12/h3,5-8,14H,1,4,9-11H2,2H3,(H,18,21)/t14-/m1/s1. The van der Waals surface area contributed by atoms with E-state index in [4.69, 9.17) is 4.84 Å². The molecule has 1 aliphatic rings. The molecule has 0 saturated carbocycles. The molecule has 118 valence electrons. The van der Waals surface area contributed by atoms with Gasteiger partial charge in [-0.25, -0.2) is 9.18 Å². The van der Waals surface area contributed by atoms with Gasteiger partial charge in [0.05, 0.1) is 12.3 Å². The Morgan fingerprint density at radius 1 is 1.55 bits per heavy atom. The van der Waals surface area contributed by atoms with Gasteiger partial charge in [-0.15, -0.1) is 6.58 Å². The zero-order chi connectivity index (χ0) is 15.9. The topological polar surface area (TPSA) is 53.9 Å². The second-order valence-corrected chi connectivity index (χ2v) is 5.01. The van der Waals surface area contributed by atoms with E-state index in [0.29, 0.717) is 26.1 Å². The van der Waals surface area contributed by atoms with E-state index in [1.807, 2.05) is 6.92 Å². The molecular weight excluding hydrogens is 285 g/mol. The highest BCUT2D eigenvalue weighted by molar-refractivity contribution is 6.01. The summed E-state index contributed by atoms with van der Waals surface area (Å²) in [5.74, 6) is -0.284. The molecule has 1 aromatic carbocycles. The summed E-state index contributed by atoms with van der Waals surface area (Å²) in [6, 6.07) is 5.98. The summed E-state index contributed by atoms with van der Waals surface area (Å²) in [6.07, 6.45) is 2.05. The van der Waals surface area contributed by atoms with Gasteiger partial charge in [-0.1, -0.05) is 23.4 Å². The molecule has 1 N–H and O–H groups in total. The van der Waals surface area contributed by atoms with E-state index in [1.165, 1.54) is 12.1 Å². The zero-order valence-corrected chi connectivity index (χ0v) is 12.6. The van der Waals surface area contributed by atoms with Crippen molar-refractivity contribution in [2.75, 3.05) is 19.6 Å². The first-order chi connectivity index (χ1) is 10.6. The molecule has 0 aliphatic carbocycles. The molecule has 2 rings (SSSR count). The number of hydrogen-bond donors (Lipinski definition) is 1. The Labute approximate surface area is 129 Å². The molecule has 1 aromatic rings. The van der Waals surface area contributed by atoms with Gasteiger partial charge in [0.1, 0.15) is 5.82 Å². The lowest BCUT2D eigenvalue weighted by Crippen LogP contribution is -2.43. The van der Waals surface area contributed by atoms with Gasteiger partial charge in [-0.2, -0.15) is 0 Å². The normalized spacial score (nSPS) is 16.6. The smallest absolute Gasteiger partial charge is 0.317 e.